The summed E-state index contributed by atoms with van der Waals surface area (Å²) in [6, 6.07) is 1.66. The van der Waals surface area contributed by atoms with E-state index < -0.39 is 0 Å². The topological polar surface area (TPSA) is 80.1 Å². The van der Waals surface area contributed by atoms with Crippen molar-refractivity contribution in [3.05, 3.63) is 27.9 Å². The zero-order chi connectivity index (χ0) is 13.9. The molecule has 0 unspecified atom stereocenters. The van der Waals surface area contributed by atoms with Gasteiger partial charge < -0.3 is 10.6 Å². The molecule has 6 heteroatoms. The molecule has 0 aliphatic carbocycles. The van der Waals surface area contributed by atoms with Crippen LogP contribution in [-0.2, 0) is 0 Å². The Labute approximate surface area is 112 Å². The van der Waals surface area contributed by atoms with Gasteiger partial charge in [0.2, 0.25) is 5.82 Å². The fourth-order valence-electron chi connectivity index (χ4n) is 2.41. The summed E-state index contributed by atoms with van der Waals surface area (Å²) in [5.74, 6) is 0.379. The Hall–Kier alpha value is -1.69. The summed E-state index contributed by atoms with van der Waals surface area (Å²) in [5.41, 5.74) is 0.892. The number of anilines is 1. The van der Waals surface area contributed by atoms with Crippen LogP contribution in [0.2, 0.25) is 0 Å². The number of nitro groups is 1. The second-order valence-corrected chi connectivity index (χ2v) is 5.50. The van der Waals surface area contributed by atoms with E-state index in [4.69, 9.17) is 0 Å². The predicted octanol–water partition coefficient (Wildman–Crippen LogP) is 2.10. The van der Waals surface area contributed by atoms with Crippen LogP contribution in [0.15, 0.2) is 12.3 Å². The third-order valence-electron chi connectivity index (χ3n) is 3.80. The summed E-state index contributed by atoms with van der Waals surface area (Å²) in [7, 11) is 0. The maximum absolute atomic E-state index is 11.1. The van der Waals surface area contributed by atoms with Crippen LogP contribution in [0.4, 0.5) is 11.5 Å². The molecule has 0 spiro atoms. The molecule has 6 nitrogen and oxygen atoms in total. The van der Waals surface area contributed by atoms with E-state index in [-0.39, 0.29) is 16.0 Å². The lowest BCUT2D eigenvalue weighted by molar-refractivity contribution is -0.384. The number of hydrogen-bond acceptors (Lipinski definition) is 5. The largest absolute Gasteiger partial charge is 0.364 e. The maximum atomic E-state index is 11.1. The van der Waals surface area contributed by atoms with Gasteiger partial charge in [0.1, 0.15) is 0 Å². The highest BCUT2D eigenvalue weighted by atomic mass is 16.6. The van der Waals surface area contributed by atoms with Crippen molar-refractivity contribution in [2.45, 2.75) is 26.7 Å². The second-order valence-electron chi connectivity index (χ2n) is 5.50. The monoisotopic (exact) mass is 264 g/mol. The molecule has 0 atom stereocenters. The highest BCUT2D eigenvalue weighted by Gasteiger charge is 2.28. The van der Waals surface area contributed by atoms with E-state index in [1.54, 1.807) is 19.2 Å². The number of aryl methyl sites for hydroxylation is 1. The smallest absolute Gasteiger partial charge is 0.314 e. The van der Waals surface area contributed by atoms with Gasteiger partial charge >= 0.3 is 5.69 Å². The minimum atomic E-state index is -0.366. The van der Waals surface area contributed by atoms with Crippen molar-refractivity contribution < 1.29 is 4.92 Å². The second kappa shape index (κ2) is 5.52. The molecule has 0 radical (unpaired) electrons. The third-order valence-corrected chi connectivity index (χ3v) is 3.80. The van der Waals surface area contributed by atoms with E-state index in [0.29, 0.717) is 17.9 Å². The van der Waals surface area contributed by atoms with Gasteiger partial charge in [-0.2, -0.15) is 0 Å². The molecule has 2 rings (SSSR count). The lowest BCUT2D eigenvalue weighted by atomic mass is 9.81. The number of nitrogens with one attached hydrogen (secondary N) is 2. The number of rotatable bonds is 4. The van der Waals surface area contributed by atoms with Gasteiger partial charge in [0, 0.05) is 18.3 Å². The van der Waals surface area contributed by atoms with Crippen molar-refractivity contribution in [3.63, 3.8) is 0 Å². The van der Waals surface area contributed by atoms with Crippen LogP contribution in [0.3, 0.4) is 0 Å². The van der Waals surface area contributed by atoms with Crippen LogP contribution < -0.4 is 10.6 Å². The molecule has 19 heavy (non-hydrogen) atoms. The van der Waals surface area contributed by atoms with E-state index in [2.05, 4.69) is 22.5 Å². The molecule has 104 valence electrons. The first-order valence-corrected chi connectivity index (χ1v) is 6.56. The first-order valence-electron chi connectivity index (χ1n) is 6.56. The summed E-state index contributed by atoms with van der Waals surface area (Å²) >= 11 is 0. The Bertz CT molecular complexity index is 470. The fourth-order valence-corrected chi connectivity index (χ4v) is 2.41. The predicted molar refractivity (Wildman–Crippen MR) is 74.3 cm³/mol. The number of pyridine rings is 1. The molecule has 2 N–H and O–H groups in total. The summed E-state index contributed by atoms with van der Waals surface area (Å²) in [4.78, 5) is 14.8. The van der Waals surface area contributed by atoms with Gasteiger partial charge in [-0.3, -0.25) is 10.1 Å². The minimum absolute atomic E-state index is 0.0834. The summed E-state index contributed by atoms with van der Waals surface area (Å²) < 4.78 is 0. The zero-order valence-electron chi connectivity index (χ0n) is 11.4. The summed E-state index contributed by atoms with van der Waals surface area (Å²) in [6.07, 6.45) is 3.74. The average Bonchev–Trinajstić information content (AvgIpc) is 2.37. The normalized spacial score (nSPS) is 18.0. The molecule has 2 heterocycles. The van der Waals surface area contributed by atoms with Crippen molar-refractivity contribution in [1.82, 2.24) is 10.3 Å². The average molecular weight is 264 g/mol. The molecule has 1 aromatic rings. The fraction of sp³-hybridized carbons (Fsp3) is 0.615. The molecule has 1 aromatic heterocycles. The highest BCUT2D eigenvalue weighted by molar-refractivity contribution is 5.59. The van der Waals surface area contributed by atoms with Crippen molar-refractivity contribution >= 4 is 11.5 Å². The van der Waals surface area contributed by atoms with E-state index in [0.717, 1.165) is 25.9 Å². The summed E-state index contributed by atoms with van der Waals surface area (Å²) in [6.45, 7) is 6.66. The number of piperidine rings is 1. The SMILES string of the molecule is Cc1ccnc(NCC2(C)CCNCC2)c1[N+](=O)[O-]. The van der Waals surface area contributed by atoms with Crippen molar-refractivity contribution in [2.24, 2.45) is 5.41 Å². The van der Waals surface area contributed by atoms with Crippen LogP contribution in [0, 0.1) is 22.5 Å². The van der Waals surface area contributed by atoms with E-state index in [9.17, 15) is 10.1 Å². The van der Waals surface area contributed by atoms with Crippen molar-refractivity contribution in [1.29, 1.82) is 0 Å². The molecule has 1 fully saturated rings. The van der Waals surface area contributed by atoms with Crippen molar-refractivity contribution in [3.8, 4) is 0 Å². The van der Waals surface area contributed by atoms with Gasteiger partial charge in [-0.1, -0.05) is 6.92 Å². The number of aromatic nitrogens is 1. The Morgan fingerprint density at radius 3 is 2.84 bits per heavy atom. The first kappa shape index (κ1) is 13.7. The van der Waals surface area contributed by atoms with E-state index in [1.807, 2.05) is 0 Å². The lowest BCUT2D eigenvalue weighted by Crippen LogP contribution is -2.39. The molecule has 0 aromatic carbocycles. The Balaban J connectivity index is 2.11. The van der Waals surface area contributed by atoms with Gasteiger partial charge in [0.05, 0.1) is 4.92 Å². The van der Waals surface area contributed by atoms with Crippen LogP contribution >= 0.6 is 0 Å². The van der Waals surface area contributed by atoms with Gasteiger partial charge in [-0.05, 0) is 44.3 Å². The van der Waals surface area contributed by atoms with Gasteiger partial charge in [0.25, 0.3) is 0 Å². The van der Waals surface area contributed by atoms with Crippen molar-refractivity contribution in [2.75, 3.05) is 25.0 Å². The van der Waals surface area contributed by atoms with Crippen LogP contribution in [-0.4, -0.2) is 29.5 Å². The molecular formula is C13H20N4O2. The third kappa shape index (κ3) is 3.20. The van der Waals surface area contributed by atoms with Gasteiger partial charge in [-0.25, -0.2) is 4.98 Å². The van der Waals surface area contributed by atoms with Crippen LogP contribution in [0.25, 0.3) is 0 Å². The molecule has 1 saturated heterocycles. The molecule has 0 bridgehead atoms. The summed E-state index contributed by atoms with van der Waals surface area (Å²) in [5, 5.41) is 17.6. The Morgan fingerprint density at radius 2 is 2.21 bits per heavy atom. The first-order chi connectivity index (χ1) is 9.02. The van der Waals surface area contributed by atoms with Crippen LogP contribution in [0.5, 0.6) is 0 Å². The standard InChI is InChI=1S/C13H20N4O2/c1-10-3-6-15-12(11(10)17(18)19)16-9-13(2)4-7-14-8-5-13/h3,6,14H,4-5,7-9H2,1-2H3,(H,15,16). The van der Waals surface area contributed by atoms with Crippen LogP contribution in [0.1, 0.15) is 25.3 Å². The maximum Gasteiger partial charge on any atom is 0.314 e. The zero-order valence-corrected chi connectivity index (χ0v) is 11.4. The quantitative estimate of drug-likeness (QED) is 0.643. The number of hydrogen-bond donors (Lipinski definition) is 2. The van der Waals surface area contributed by atoms with E-state index in [1.165, 1.54) is 0 Å². The van der Waals surface area contributed by atoms with E-state index >= 15 is 0 Å². The van der Waals surface area contributed by atoms with Gasteiger partial charge in [-0.15, -0.1) is 0 Å². The minimum Gasteiger partial charge on any atom is -0.364 e. The lowest BCUT2D eigenvalue weighted by Gasteiger charge is -2.34. The molecular weight excluding hydrogens is 244 g/mol. The molecule has 1 aliphatic heterocycles. The molecule has 0 saturated carbocycles. The van der Waals surface area contributed by atoms with Gasteiger partial charge in [0.15, 0.2) is 0 Å². The molecule has 0 amide bonds. The molecule has 1 aliphatic rings. The number of nitrogens with zero attached hydrogens (tertiary/aromatic N) is 2. The Kier molecular flexibility index (Phi) is 3.99. The highest BCUT2D eigenvalue weighted by Crippen LogP contribution is 2.30. The Morgan fingerprint density at radius 1 is 1.53 bits per heavy atom.